The number of carbonyl (C=O) groups excluding carboxylic acids is 2. The van der Waals surface area contributed by atoms with Gasteiger partial charge < -0.3 is 14.9 Å². The van der Waals surface area contributed by atoms with Crippen molar-refractivity contribution in [2.75, 3.05) is 26.2 Å². The molecule has 0 bridgehead atoms. The van der Waals surface area contributed by atoms with E-state index >= 15 is 0 Å². The van der Waals surface area contributed by atoms with Crippen molar-refractivity contribution >= 4 is 11.8 Å². The Morgan fingerprint density at radius 1 is 1.21 bits per heavy atom. The van der Waals surface area contributed by atoms with Crippen LogP contribution in [-0.2, 0) is 22.6 Å². The van der Waals surface area contributed by atoms with E-state index in [1.807, 2.05) is 6.07 Å². The summed E-state index contributed by atoms with van der Waals surface area (Å²) in [4.78, 5) is 38.9. The topological polar surface area (TPSA) is 112 Å². The van der Waals surface area contributed by atoms with Crippen LogP contribution >= 0.6 is 0 Å². The van der Waals surface area contributed by atoms with Gasteiger partial charge in [-0.1, -0.05) is 30.3 Å². The zero-order valence-corrected chi connectivity index (χ0v) is 15.2. The fourth-order valence-corrected chi connectivity index (χ4v) is 3.15. The number of β-amino-alcohol motifs (C(OH)–C–C–N with tert-alkyl or cyclic N) is 1. The molecule has 2 atom stereocenters. The van der Waals surface area contributed by atoms with Crippen LogP contribution in [0.25, 0.3) is 0 Å². The minimum atomic E-state index is -1.72. The van der Waals surface area contributed by atoms with E-state index in [1.165, 1.54) is 16.1 Å². The standard InChI is InChI=1S/C18H22FN5O4/c19-15(8-13-4-2-1-3-5-13)17(27)23-7-6-22(9-14(25)10-23)16(26)11-24-12-20-21-18(24)28/h1-5,12,14-15,25H,6-11H2,(H,21,28). The van der Waals surface area contributed by atoms with Gasteiger partial charge in [-0.05, 0) is 5.56 Å². The van der Waals surface area contributed by atoms with E-state index in [-0.39, 0.29) is 39.1 Å². The zero-order valence-electron chi connectivity index (χ0n) is 15.2. The summed E-state index contributed by atoms with van der Waals surface area (Å²) < 4.78 is 15.6. The Hall–Kier alpha value is -3.01. The molecule has 2 amide bonds. The minimum Gasteiger partial charge on any atom is -0.389 e. The van der Waals surface area contributed by atoms with Crippen LogP contribution in [-0.4, -0.2) is 79.9 Å². The van der Waals surface area contributed by atoms with Crippen molar-refractivity contribution in [3.05, 3.63) is 52.7 Å². The van der Waals surface area contributed by atoms with Crippen molar-refractivity contribution in [2.24, 2.45) is 0 Å². The average molecular weight is 391 g/mol. The van der Waals surface area contributed by atoms with E-state index in [2.05, 4.69) is 10.2 Å². The van der Waals surface area contributed by atoms with Gasteiger partial charge >= 0.3 is 5.69 Å². The van der Waals surface area contributed by atoms with Gasteiger partial charge in [0.2, 0.25) is 5.91 Å². The molecule has 2 heterocycles. The molecule has 9 nitrogen and oxygen atoms in total. The summed E-state index contributed by atoms with van der Waals surface area (Å²) in [5.74, 6) is -1.10. The number of rotatable bonds is 5. The first-order valence-electron chi connectivity index (χ1n) is 8.96. The molecule has 1 fully saturated rings. The van der Waals surface area contributed by atoms with Gasteiger partial charge in [-0.2, -0.15) is 5.10 Å². The summed E-state index contributed by atoms with van der Waals surface area (Å²) in [6.45, 7) is -0.0203. The van der Waals surface area contributed by atoms with Crippen molar-refractivity contribution in [3.8, 4) is 0 Å². The van der Waals surface area contributed by atoms with Gasteiger partial charge in [-0.15, -0.1) is 0 Å². The number of hydrogen-bond acceptors (Lipinski definition) is 5. The molecule has 1 aromatic heterocycles. The van der Waals surface area contributed by atoms with Crippen LogP contribution in [0.2, 0.25) is 0 Å². The molecule has 2 N–H and O–H groups in total. The highest BCUT2D eigenvalue weighted by Gasteiger charge is 2.30. The molecule has 1 aromatic carbocycles. The predicted octanol–water partition coefficient (Wildman–Crippen LogP) is -0.816. The fourth-order valence-electron chi connectivity index (χ4n) is 3.15. The number of alkyl halides is 1. The van der Waals surface area contributed by atoms with Gasteiger partial charge in [0.05, 0.1) is 6.10 Å². The number of benzene rings is 1. The van der Waals surface area contributed by atoms with Gasteiger partial charge in [0.1, 0.15) is 12.9 Å². The summed E-state index contributed by atoms with van der Waals surface area (Å²) in [7, 11) is 0. The van der Waals surface area contributed by atoms with Crippen LogP contribution in [0.15, 0.2) is 41.5 Å². The molecule has 1 saturated heterocycles. The van der Waals surface area contributed by atoms with Crippen LogP contribution in [0.3, 0.4) is 0 Å². The number of aliphatic hydroxyl groups is 1. The maximum Gasteiger partial charge on any atom is 0.343 e. The number of aliphatic hydroxyl groups excluding tert-OH is 1. The Morgan fingerprint density at radius 2 is 1.89 bits per heavy atom. The monoisotopic (exact) mass is 391 g/mol. The minimum absolute atomic E-state index is 0.00481. The number of amides is 2. The Bertz CT molecular complexity index is 868. The lowest BCUT2D eigenvalue weighted by atomic mass is 10.1. The summed E-state index contributed by atoms with van der Waals surface area (Å²) in [6, 6.07) is 8.85. The maximum absolute atomic E-state index is 14.5. The molecule has 3 rings (SSSR count). The molecule has 2 aromatic rings. The second kappa shape index (κ2) is 8.79. The third-order valence-electron chi connectivity index (χ3n) is 4.62. The molecule has 0 radical (unpaired) electrons. The van der Waals surface area contributed by atoms with Crippen LogP contribution < -0.4 is 5.69 Å². The van der Waals surface area contributed by atoms with Gasteiger partial charge in [-0.3, -0.25) is 14.2 Å². The van der Waals surface area contributed by atoms with Crippen LogP contribution in [0.1, 0.15) is 5.56 Å². The van der Waals surface area contributed by atoms with Crippen molar-refractivity contribution in [1.82, 2.24) is 24.6 Å². The van der Waals surface area contributed by atoms with E-state index < -0.39 is 29.8 Å². The van der Waals surface area contributed by atoms with E-state index in [4.69, 9.17) is 0 Å². The predicted molar refractivity (Wildman–Crippen MR) is 97.1 cm³/mol. The molecule has 150 valence electrons. The molecule has 2 unspecified atom stereocenters. The quantitative estimate of drug-likeness (QED) is 0.692. The summed E-state index contributed by atoms with van der Waals surface area (Å²) in [6.07, 6.45) is -1.55. The third-order valence-corrected chi connectivity index (χ3v) is 4.62. The lowest BCUT2D eigenvalue weighted by Gasteiger charge is -2.23. The Kier molecular flexibility index (Phi) is 6.19. The third kappa shape index (κ3) is 4.83. The number of aromatic nitrogens is 3. The van der Waals surface area contributed by atoms with Crippen LogP contribution in [0.4, 0.5) is 4.39 Å². The SMILES string of the molecule is O=C(Cn1cn[nH]c1=O)N1CCN(C(=O)C(F)Cc2ccccc2)CC(O)C1. The zero-order chi connectivity index (χ0) is 20.1. The average Bonchev–Trinajstić information content (AvgIpc) is 2.97. The Morgan fingerprint density at radius 3 is 2.57 bits per heavy atom. The molecule has 1 aliphatic rings. The molecule has 28 heavy (non-hydrogen) atoms. The molecule has 0 spiro atoms. The van der Waals surface area contributed by atoms with E-state index in [9.17, 15) is 23.9 Å². The Balaban J connectivity index is 1.59. The van der Waals surface area contributed by atoms with Gasteiger partial charge in [-0.25, -0.2) is 14.3 Å². The first-order valence-corrected chi connectivity index (χ1v) is 8.96. The van der Waals surface area contributed by atoms with E-state index in [0.29, 0.717) is 5.56 Å². The van der Waals surface area contributed by atoms with Gasteiger partial charge in [0.15, 0.2) is 6.17 Å². The highest BCUT2D eigenvalue weighted by atomic mass is 19.1. The van der Waals surface area contributed by atoms with E-state index in [0.717, 1.165) is 4.57 Å². The first-order chi connectivity index (χ1) is 13.4. The smallest absolute Gasteiger partial charge is 0.343 e. The second-order valence-corrected chi connectivity index (χ2v) is 6.72. The first kappa shape index (κ1) is 19.7. The number of aromatic amines is 1. The van der Waals surface area contributed by atoms with Crippen LogP contribution in [0, 0.1) is 0 Å². The maximum atomic E-state index is 14.5. The lowest BCUT2D eigenvalue weighted by Crippen LogP contribution is -2.42. The van der Waals surface area contributed by atoms with Crippen LogP contribution in [0.5, 0.6) is 0 Å². The summed E-state index contributed by atoms with van der Waals surface area (Å²) in [5.41, 5.74) is 0.197. The number of halogens is 1. The van der Waals surface area contributed by atoms with Crippen molar-refractivity contribution in [1.29, 1.82) is 0 Å². The molecular weight excluding hydrogens is 369 g/mol. The number of H-pyrrole nitrogens is 1. The normalized spacial score (nSPS) is 18.6. The fraction of sp³-hybridized carbons (Fsp3) is 0.444. The Labute approximate surface area is 160 Å². The van der Waals surface area contributed by atoms with E-state index in [1.54, 1.807) is 24.3 Å². The number of nitrogens with zero attached hydrogens (tertiary/aromatic N) is 4. The van der Waals surface area contributed by atoms with Crippen molar-refractivity contribution in [2.45, 2.75) is 25.2 Å². The number of carbonyl (C=O) groups is 2. The largest absolute Gasteiger partial charge is 0.389 e. The summed E-state index contributed by atoms with van der Waals surface area (Å²) >= 11 is 0. The van der Waals surface area contributed by atoms with Crippen molar-refractivity contribution in [3.63, 3.8) is 0 Å². The molecule has 1 aliphatic heterocycles. The molecule has 0 aliphatic carbocycles. The van der Waals surface area contributed by atoms with Gasteiger partial charge in [0, 0.05) is 32.6 Å². The lowest BCUT2D eigenvalue weighted by molar-refractivity contribution is -0.137. The molecular formula is C18H22FN5O4. The van der Waals surface area contributed by atoms with Crippen molar-refractivity contribution < 1.29 is 19.1 Å². The number of hydrogen-bond donors (Lipinski definition) is 2. The molecule has 0 saturated carbocycles. The highest BCUT2D eigenvalue weighted by Crippen LogP contribution is 2.12. The second-order valence-electron chi connectivity index (χ2n) is 6.72. The van der Waals surface area contributed by atoms with Gasteiger partial charge in [0.25, 0.3) is 5.91 Å². The summed E-state index contributed by atoms with van der Waals surface area (Å²) in [5, 5.41) is 15.9. The number of nitrogens with one attached hydrogen (secondary N) is 1. The highest BCUT2D eigenvalue weighted by molar-refractivity contribution is 5.81. The molecule has 10 heteroatoms.